The number of hydrogen-bond donors (Lipinski definition) is 3. The molecule has 1 saturated carbocycles. The lowest BCUT2D eigenvalue weighted by Gasteiger charge is -2.43. The number of benzene rings is 1. The van der Waals surface area contributed by atoms with Gasteiger partial charge < -0.3 is 16.0 Å². The molecule has 3 rings (SSSR count). The zero-order valence-corrected chi connectivity index (χ0v) is 18.3. The molecule has 1 heterocycles. The van der Waals surface area contributed by atoms with Crippen molar-refractivity contribution in [3.8, 4) is 0 Å². The average molecular weight is 411 g/mol. The van der Waals surface area contributed by atoms with E-state index in [0.29, 0.717) is 17.9 Å². The van der Waals surface area contributed by atoms with Crippen LogP contribution in [-0.2, 0) is 17.9 Å². The Morgan fingerprint density at radius 2 is 2.10 bits per heavy atom. The number of hydrogen-bond acceptors (Lipinski definition) is 3. The van der Waals surface area contributed by atoms with Crippen molar-refractivity contribution >= 4 is 17.6 Å². The average Bonchev–Trinajstić information content (AvgIpc) is 3.18. The maximum atomic E-state index is 12.2. The fraction of sp³-hybridized carbons (Fsp3) is 0.522. The van der Waals surface area contributed by atoms with Crippen LogP contribution in [0.25, 0.3) is 0 Å². The van der Waals surface area contributed by atoms with Gasteiger partial charge in [0.05, 0.1) is 0 Å². The molecule has 7 nitrogen and oxygen atoms in total. The fourth-order valence-electron chi connectivity index (χ4n) is 4.17. The third kappa shape index (κ3) is 6.34. The van der Waals surface area contributed by atoms with E-state index in [1.54, 1.807) is 30.2 Å². The van der Waals surface area contributed by atoms with Crippen molar-refractivity contribution in [3.63, 3.8) is 0 Å². The summed E-state index contributed by atoms with van der Waals surface area (Å²) in [5.74, 6) is 1.43. The van der Waals surface area contributed by atoms with Gasteiger partial charge in [-0.1, -0.05) is 32.4 Å². The molecule has 0 spiro atoms. The Morgan fingerprint density at radius 3 is 2.73 bits per heavy atom. The lowest BCUT2D eigenvalue weighted by Crippen LogP contribution is -2.46. The summed E-state index contributed by atoms with van der Waals surface area (Å²) >= 11 is 0. The lowest BCUT2D eigenvalue weighted by molar-refractivity contribution is -0.116. The minimum atomic E-state index is -0.0998. The number of carbonyl (C=O) groups is 1. The Balaban J connectivity index is 1.48. The zero-order chi connectivity index (χ0) is 21.4. The van der Waals surface area contributed by atoms with E-state index in [2.05, 4.69) is 39.9 Å². The highest BCUT2D eigenvalue weighted by Crippen LogP contribution is 2.45. The van der Waals surface area contributed by atoms with Gasteiger partial charge in [-0.15, -0.1) is 0 Å². The third-order valence-electron chi connectivity index (χ3n) is 5.65. The number of aromatic nitrogens is 2. The maximum Gasteiger partial charge on any atom is 0.246 e. The molecule has 0 radical (unpaired) electrons. The highest BCUT2D eigenvalue weighted by molar-refractivity contribution is 5.90. The summed E-state index contributed by atoms with van der Waals surface area (Å²) in [5.41, 5.74) is 2.28. The summed E-state index contributed by atoms with van der Waals surface area (Å²) in [6, 6.07) is 9.66. The molecule has 0 aliphatic heterocycles. The molecular weight excluding hydrogens is 376 g/mol. The van der Waals surface area contributed by atoms with Gasteiger partial charge in [0, 0.05) is 38.2 Å². The van der Waals surface area contributed by atoms with Gasteiger partial charge >= 0.3 is 0 Å². The number of nitrogens with zero attached hydrogens (tertiary/aromatic N) is 3. The van der Waals surface area contributed by atoms with Crippen molar-refractivity contribution in [2.75, 3.05) is 18.9 Å². The molecule has 0 unspecified atom stereocenters. The van der Waals surface area contributed by atoms with Crippen LogP contribution in [0.3, 0.4) is 0 Å². The molecular formula is C23H34N6O. The number of nitrogens with one attached hydrogen (secondary N) is 3. The van der Waals surface area contributed by atoms with E-state index < -0.39 is 0 Å². The number of amides is 1. The van der Waals surface area contributed by atoms with Gasteiger partial charge in [0.1, 0.15) is 6.54 Å². The largest absolute Gasteiger partial charge is 0.356 e. The number of rotatable bonds is 9. The summed E-state index contributed by atoms with van der Waals surface area (Å²) in [7, 11) is 1.80. The second-order valence-corrected chi connectivity index (χ2v) is 8.68. The van der Waals surface area contributed by atoms with Crippen molar-refractivity contribution in [1.82, 2.24) is 20.4 Å². The van der Waals surface area contributed by atoms with Gasteiger partial charge in [-0.25, -0.2) is 0 Å². The number of guanidine groups is 1. The third-order valence-corrected chi connectivity index (χ3v) is 5.65. The van der Waals surface area contributed by atoms with Gasteiger partial charge in [-0.2, -0.15) is 5.10 Å². The first-order chi connectivity index (χ1) is 14.5. The molecule has 1 fully saturated rings. The quantitative estimate of drug-likeness (QED) is 0.437. The van der Waals surface area contributed by atoms with Crippen molar-refractivity contribution in [2.24, 2.45) is 16.3 Å². The molecule has 7 heteroatoms. The molecule has 1 aromatic carbocycles. The molecule has 30 heavy (non-hydrogen) atoms. The zero-order valence-electron chi connectivity index (χ0n) is 18.3. The highest BCUT2D eigenvalue weighted by atomic mass is 16.2. The normalized spacial score (nSPS) is 15.5. The number of anilines is 1. The van der Waals surface area contributed by atoms with Crippen LogP contribution in [0.2, 0.25) is 0 Å². The first kappa shape index (κ1) is 21.9. The van der Waals surface area contributed by atoms with E-state index in [9.17, 15) is 4.79 Å². The molecule has 1 amide bonds. The van der Waals surface area contributed by atoms with Crippen LogP contribution in [0.1, 0.15) is 45.1 Å². The van der Waals surface area contributed by atoms with E-state index in [4.69, 9.17) is 0 Å². The Hall–Kier alpha value is -2.83. The molecule has 0 saturated heterocycles. The van der Waals surface area contributed by atoms with Crippen molar-refractivity contribution in [1.29, 1.82) is 0 Å². The summed E-state index contributed by atoms with van der Waals surface area (Å²) in [5, 5.41) is 13.9. The Kier molecular flexibility index (Phi) is 7.49. The first-order valence-corrected chi connectivity index (χ1v) is 10.8. The van der Waals surface area contributed by atoms with E-state index in [1.165, 1.54) is 25.7 Å². The lowest BCUT2D eigenvalue weighted by atomic mass is 9.64. The molecule has 2 aromatic rings. The van der Waals surface area contributed by atoms with Crippen LogP contribution in [0.15, 0.2) is 47.7 Å². The van der Waals surface area contributed by atoms with Gasteiger partial charge in [-0.3, -0.25) is 14.5 Å². The van der Waals surface area contributed by atoms with Crippen LogP contribution >= 0.6 is 0 Å². The van der Waals surface area contributed by atoms with E-state index in [0.717, 1.165) is 23.8 Å². The first-order valence-electron chi connectivity index (χ1n) is 10.8. The Labute approximate surface area is 179 Å². The summed E-state index contributed by atoms with van der Waals surface area (Å²) < 4.78 is 1.60. The minimum Gasteiger partial charge on any atom is -0.356 e. The van der Waals surface area contributed by atoms with Gasteiger partial charge in [0.2, 0.25) is 5.91 Å². The van der Waals surface area contributed by atoms with Crippen molar-refractivity contribution < 1.29 is 4.79 Å². The van der Waals surface area contributed by atoms with Gasteiger partial charge in [0.25, 0.3) is 0 Å². The monoisotopic (exact) mass is 410 g/mol. The van der Waals surface area contributed by atoms with Crippen LogP contribution in [0.5, 0.6) is 0 Å². The Morgan fingerprint density at radius 1 is 1.27 bits per heavy atom. The molecule has 1 aliphatic carbocycles. The molecule has 3 N–H and O–H groups in total. The minimum absolute atomic E-state index is 0.0998. The van der Waals surface area contributed by atoms with E-state index >= 15 is 0 Å². The van der Waals surface area contributed by atoms with Crippen molar-refractivity contribution in [3.05, 3.63) is 48.3 Å². The fourth-order valence-corrected chi connectivity index (χ4v) is 4.17. The second-order valence-electron chi connectivity index (χ2n) is 8.68. The van der Waals surface area contributed by atoms with Crippen LogP contribution < -0.4 is 16.0 Å². The molecule has 1 aromatic heterocycles. The maximum absolute atomic E-state index is 12.2. The van der Waals surface area contributed by atoms with E-state index in [1.807, 2.05) is 24.3 Å². The molecule has 0 bridgehead atoms. The Bertz CT molecular complexity index is 839. The standard InChI is InChI=1S/C23H34N6O/c1-18(2)14-23(9-5-10-23)17-26-22(24-3)25-15-19-7-4-8-20(13-19)28-21(30)16-29-12-6-11-27-29/h4,6-8,11-13,18H,5,9-10,14-17H2,1-3H3,(H,28,30)(H2,24,25,26). The summed E-state index contributed by atoms with van der Waals surface area (Å²) in [4.78, 5) is 16.5. The second kappa shape index (κ2) is 10.3. The molecule has 0 atom stereocenters. The predicted molar refractivity (Wildman–Crippen MR) is 121 cm³/mol. The highest BCUT2D eigenvalue weighted by Gasteiger charge is 2.37. The summed E-state index contributed by atoms with van der Waals surface area (Å²) in [6.07, 6.45) is 8.63. The van der Waals surface area contributed by atoms with Gasteiger partial charge in [0.15, 0.2) is 5.96 Å². The van der Waals surface area contributed by atoms with E-state index in [-0.39, 0.29) is 12.5 Å². The predicted octanol–water partition coefficient (Wildman–Crippen LogP) is 3.40. The van der Waals surface area contributed by atoms with Crippen LogP contribution in [-0.4, -0.2) is 35.2 Å². The molecule has 162 valence electrons. The number of carbonyl (C=O) groups excluding carboxylic acids is 1. The van der Waals surface area contributed by atoms with Crippen molar-refractivity contribution in [2.45, 2.75) is 52.6 Å². The summed E-state index contributed by atoms with van der Waals surface area (Å²) in [6.45, 7) is 6.40. The van der Waals surface area contributed by atoms with Gasteiger partial charge in [-0.05, 0) is 54.4 Å². The van der Waals surface area contributed by atoms with Crippen LogP contribution in [0, 0.1) is 11.3 Å². The molecule has 1 aliphatic rings. The van der Waals surface area contributed by atoms with Crippen LogP contribution in [0.4, 0.5) is 5.69 Å². The number of aliphatic imine (C=N–C) groups is 1. The SMILES string of the molecule is CN=C(NCc1cccc(NC(=O)Cn2cccn2)c1)NCC1(CC(C)C)CCC1. The topological polar surface area (TPSA) is 83.3 Å². The smallest absolute Gasteiger partial charge is 0.246 e.